The highest BCUT2D eigenvalue weighted by Gasteiger charge is 2.19. The van der Waals surface area contributed by atoms with Gasteiger partial charge in [-0.3, -0.25) is 0 Å². The summed E-state index contributed by atoms with van der Waals surface area (Å²) >= 11 is 0. The van der Waals surface area contributed by atoms with Crippen LogP contribution >= 0.6 is 0 Å². The van der Waals surface area contributed by atoms with E-state index in [1.54, 1.807) is 6.21 Å². The lowest BCUT2D eigenvalue weighted by molar-refractivity contribution is -0.502. The van der Waals surface area contributed by atoms with Crippen molar-refractivity contribution in [3.63, 3.8) is 0 Å². The van der Waals surface area contributed by atoms with E-state index >= 15 is 0 Å². The van der Waals surface area contributed by atoms with Crippen LogP contribution in [0.15, 0.2) is 12.2 Å². The van der Waals surface area contributed by atoms with Crippen LogP contribution in [0, 0.1) is 5.21 Å². The second-order valence-electron chi connectivity index (χ2n) is 5.56. The molecule has 1 N–H and O–H groups in total. The first kappa shape index (κ1) is 16.2. The van der Waals surface area contributed by atoms with Gasteiger partial charge in [0.15, 0.2) is 12.3 Å². The maximum atomic E-state index is 11.8. The van der Waals surface area contributed by atoms with E-state index < -0.39 is 6.10 Å². The SMILES string of the molecule is CCCCC/C=C\C(O)C/C=[N+](\[O-])C1CCCCC1. The third kappa shape index (κ3) is 7.36. The molecule has 19 heavy (non-hydrogen) atoms. The van der Waals surface area contributed by atoms with Gasteiger partial charge in [0.05, 0.1) is 12.5 Å². The van der Waals surface area contributed by atoms with E-state index in [1.807, 2.05) is 12.2 Å². The summed E-state index contributed by atoms with van der Waals surface area (Å²) in [6.45, 7) is 2.18. The molecule has 1 unspecified atom stereocenters. The third-order valence-electron chi connectivity index (χ3n) is 3.79. The fourth-order valence-electron chi connectivity index (χ4n) is 2.54. The maximum Gasteiger partial charge on any atom is 0.162 e. The van der Waals surface area contributed by atoms with E-state index in [2.05, 4.69) is 6.92 Å². The predicted octanol–water partition coefficient (Wildman–Crippen LogP) is 3.79. The standard InChI is InChI=1S/C16H29NO2/c1-2-3-4-5-9-12-16(18)13-14-17(19)15-10-7-6-8-11-15/h9,12,14-16,18H,2-8,10-11,13H2,1H3/b12-9-,17-14-. The van der Waals surface area contributed by atoms with Crippen molar-refractivity contribution in [2.75, 3.05) is 0 Å². The molecular formula is C16H29NO2. The zero-order valence-electron chi connectivity index (χ0n) is 12.3. The van der Waals surface area contributed by atoms with Gasteiger partial charge in [-0.05, 0) is 25.7 Å². The van der Waals surface area contributed by atoms with Crippen molar-refractivity contribution in [1.82, 2.24) is 0 Å². The van der Waals surface area contributed by atoms with Gasteiger partial charge in [-0.25, -0.2) is 4.74 Å². The molecule has 0 aromatic rings. The van der Waals surface area contributed by atoms with Crippen LogP contribution in [0.2, 0.25) is 0 Å². The van der Waals surface area contributed by atoms with Crippen LogP contribution in [0.1, 0.15) is 71.1 Å². The lowest BCUT2D eigenvalue weighted by Crippen LogP contribution is -2.25. The summed E-state index contributed by atoms with van der Waals surface area (Å²) in [6.07, 6.45) is 15.6. The van der Waals surface area contributed by atoms with Crippen molar-refractivity contribution in [2.45, 2.75) is 83.3 Å². The quantitative estimate of drug-likeness (QED) is 0.182. The van der Waals surface area contributed by atoms with Crippen LogP contribution in [0.3, 0.4) is 0 Å². The maximum absolute atomic E-state index is 11.8. The van der Waals surface area contributed by atoms with Crippen LogP contribution in [-0.4, -0.2) is 28.2 Å². The van der Waals surface area contributed by atoms with Gasteiger partial charge < -0.3 is 10.3 Å². The number of rotatable bonds is 8. The molecule has 1 saturated carbocycles. The van der Waals surface area contributed by atoms with Gasteiger partial charge in [-0.2, -0.15) is 0 Å². The molecule has 3 heteroatoms. The number of hydroxylamine groups is 1. The summed E-state index contributed by atoms with van der Waals surface area (Å²) < 4.78 is 1.08. The third-order valence-corrected chi connectivity index (χ3v) is 3.79. The molecule has 0 radical (unpaired) electrons. The Hall–Kier alpha value is -0.830. The first-order valence-corrected chi connectivity index (χ1v) is 7.87. The van der Waals surface area contributed by atoms with Crippen molar-refractivity contribution in [3.05, 3.63) is 17.4 Å². The fraction of sp³-hybridized carbons (Fsp3) is 0.812. The molecule has 0 aromatic carbocycles. The summed E-state index contributed by atoms with van der Waals surface area (Å²) in [5.41, 5.74) is 0. The minimum absolute atomic E-state index is 0.148. The van der Waals surface area contributed by atoms with Crippen LogP contribution in [0.25, 0.3) is 0 Å². The molecule has 0 saturated heterocycles. The summed E-state index contributed by atoms with van der Waals surface area (Å²) in [7, 11) is 0. The minimum atomic E-state index is -0.512. The Morgan fingerprint density at radius 3 is 2.68 bits per heavy atom. The number of allylic oxidation sites excluding steroid dienone is 1. The summed E-state index contributed by atoms with van der Waals surface area (Å²) in [5, 5.41) is 21.6. The summed E-state index contributed by atoms with van der Waals surface area (Å²) in [6, 6.07) is 0.148. The van der Waals surface area contributed by atoms with Crippen LogP contribution < -0.4 is 0 Å². The molecule has 0 amide bonds. The van der Waals surface area contributed by atoms with E-state index in [4.69, 9.17) is 0 Å². The number of unbranched alkanes of at least 4 members (excludes halogenated alkanes) is 3. The number of aliphatic hydroxyl groups is 1. The normalized spacial score (nSPS) is 20.0. The molecule has 1 fully saturated rings. The topological polar surface area (TPSA) is 46.3 Å². The highest BCUT2D eigenvalue weighted by atomic mass is 16.5. The molecule has 0 aliphatic heterocycles. The second-order valence-corrected chi connectivity index (χ2v) is 5.56. The summed E-state index contributed by atoms with van der Waals surface area (Å²) in [4.78, 5) is 0. The number of nitrogens with zero attached hydrogens (tertiary/aromatic N) is 1. The van der Waals surface area contributed by atoms with E-state index in [1.165, 1.54) is 25.7 Å². The van der Waals surface area contributed by atoms with E-state index in [-0.39, 0.29) is 6.04 Å². The van der Waals surface area contributed by atoms with Crippen molar-refractivity contribution < 1.29 is 9.85 Å². The van der Waals surface area contributed by atoms with Gasteiger partial charge in [0, 0.05) is 12.8 Å². The molecule has 0 heterocycles. The van der Waals surface area contributed by atoms with Crippen molar-refractivity contribution in [2.24, 2.45) is 0 Å². The van der Waals surface area contributed by atoms with Crippen molar-refractivity contribution >= 4 is 6.21 Å². The lowest BCUT2D eigenvalue weighted by Gasteiger charge is -2.21. The number of aliphatic hydroxyl groups excluding tert-OH is 1. The zero-order valence-corrected chi connectivity index (χ0v) is 12.3. The molecule has 3 nitrogen and oxygen atoms in total. The monoisotopic (exact) mass is 267 g/mol. The average Bonchev–Trinajstić information content (AvgIpc) is 2.45. The molecule has 0 bridgehead atoms. The van der Waals surface area contributed by atoms with Gasteiger partial charge in [-0.15, -0.1) is 0 Å². The predicted molar refractivity (Wildman–Crippen MR) is 80.5 cm³/mol. The average molecular weight is 267 g/mol. The van der Waals surface area contributed by atoms with Crippen molar-refractivity contribution in [1.29, 1.82) is 0 Å². The molecule has 1 atom stereocenters. The largest absolute Gasteiger partial charge is 0.624 e. The Balaban J connectivity index is 2.21. The Morgan fingerprint density at radius 2 is 2.00 bits per heavy atom. The van der Waals surface area contributed by atoms with Crippen molar-refractivity contribution in [3.8, 4) is 0 Å². The fourth-order valence-corrected chi connectivity index (χ4v) is 2.54. The Bertz CT molecular complexity index is 280. The van der Waals surface area contributed by atoms with Crippen LogP contribution in [0.5, 0.6) is 0 Å². The molecule has 110 valence electrons. The van der Waals surface area contributed by atoms with Gasteiger partial charge in [-0.1, -0.05) is 38.3 Å². The lowest BCUT2D eigenvalue weighted by atomic mass is 9.96. The van der Waals surface area contributed by atoms with Gasteiger partial charge in [0.1, 0.15) is 0 Å². The molecule has 1 aliphatic rings. The highest BCUT2D eigenvalue weighted by molar-refractivity contribution is 5.52. The molecular weight excluding hydrogens is 238 g/mol. The van der Waals surface area contributed by atoms with E-state index in [0.29, 0.717) is 6.42 Å². The van der Waals surface area contributed by atoms with Gasteiger partial charge >= 0.3 is 0 Å². The molecule has 0 aromatic heterocycles. The van der Waals surface area contributed by atoms with Crippen LogP contribution in [0.4, 0.5) is 0 Å². The first-order valence-electron chi connectivity index (χ1n) is 7.87. The first-order chi connectivity index (χ1) is 9.24. The Morgan fingerprint density at radius 1 is 1.26 bits per heavy atom. The zero-order chi connectivity index (χ0) is 13.9. The number of hydrogen-bond acceptors (Lipinski definition) is 2. The second kappa shape index (κ2) is 10.0. The molecule has 1 aliphatic carbocycles. The molecule has 0 spiro atoms. The summed E-state index contributed by atoms with van der Waals surface area (Å²) in [5.74, 6) is 0. The molecule has 1 rings (SSSR count). The Kier molecular flexibility index (Phi) is 8.55. The van der Waals surface area contributed by atoms with E-state index in [0.717, 1.165) is 36.8 Å². The highest BCUT2D eigenvalue weighted by Crippen LogP contribution is 2.19. The minimum Gasteiger partial charge on any atom is -0.624 e. The Labute approximate surface area is 117 Å². The van der Waals surface area contributed by atoms with Gasteiger partial charge in [0.25, 0.3) is 0 Å². The van der Waals surface area contributed by atoms with E-state index in [9.17, 15) is 10.3 Å². The number of hydrogen-bond donors (Lipinski definition) is 1. The van der Waals surface area contributed by atoms with Crippen LogP contribution in [-0.2, 0) is 0 Å². The smallest absolute Gasteiger partial charge is 0.162 e. The van der Waals surface area contributed by atoms with Gasteiger partial charge in [0.2, 0.25) is 0 Å².